The first-order valence-electron chi connectivity index (χ1n) is 4.92. The van der Waals surface area contributed by atoms with Crippen LogP contribution in [0, 0.1) is 18.8 Å². The fourth-order valence-electron chi connectivity index (χ4n) is 1.68. The minimum Gasteiger partial charge on any atom is -0.472 e. The van der Waals surface area contributed by atoms with Gasteiger partial charge in [0, 0.05) is 11.5 Å². The zero-order chi connectivity index (χ0) is 11.5. The number of aryl methyl sites for hydroxylation is 1. The van der Waals surface area contributed by atoms with Crippen molar-refractivity contribution in [1.82, 2.24) is 0 Å². The van der Waals surface area contributed by atoms with Crippen LogP contribution in [-0.4, -0.2) is 11.1 Å². The first-order valence-corrected chi connectivity index (χ1v) is 4.92. The summed E-state index contributed by atoms with van der Waals surface area (Å²) in [4.78, 5) is 10.4. The normalized spacial score (nSPS) is 9.56. The Bertz CT molecular complexity index is 615. The van der Waals surface area contributed by atoms with Crippen LogP contribution in [-0.2, 0) is 4.79 Å². The molecule has 0 atom stereocenters. The summed E-state index contributed by atoms with van der Waals surface area (Å²) in [6, 6.07) is 11.7. The summed E-state index contributed by atoms with van der Waals surface area (Å²) < 4.78 is 0. The molecule has 78 valence electrons. The molecule has 2 rings (SSSR count). The average Bonchev–Trinajstić information content (AvgIpc) is 2.28. The van der Waals surface area contributed by atoms with E-state index in [0.29, 0.717) is 0 Å². The smallest absolute Gasteiger partial charge is 0.382 e. The van der Waals surface area contributed by atoms with E-state index in [4.69, 9.17) is 5.11 Å². The van der Waals surface area contributed by atoms with E-state index in [1.165, 1.54) is 0 Å². The number of carbonyl (C=O) groups is 1. The van der Waals surface area contributed by atoms with Crippen molar-refractivity contribution in [2.75, 3.05) is 0 Å². The molecule has 0 aliphatic rings. The Kier molecular flexibility index (Phi) is 2.61. The van der Waals surface area contributed by atoms with Crippen LogP contribution in [0.4, 0.5) is 0 Å². The van der Waals surface area contributed by atoms with Crippen LogP contribution < -0.4 is 0 Å². The van der Waals surface area contributed by atoms with Crippen molar-refractivity contribution in [3.8, 4) is 11.8 Å². The molecule has 0 unspecified atom stereocenters. The van der Waals surface area contributed by atoms with Gasteiger partial charge in [-0.05, 0) is 29.3 Å². The predicted octanol–water partition coefficient (Wildman–Crippen LogP) is 2.58. The fraction of sp³-hybridized carbons (Fsp3) is 0.0714. The molecule has 0 aliphatic heterocycles. The largest absolute Gasteiger partial charge is 0.472 e. The predicted molar refractivity (Wildman–Crippen MR) is 63.2 cm³/mol. The minimum atomic E-state index is -1.11. The molecule has 2 nitrogen and oxygen atoms in total. The van der Waals surface area contributed by atoms with Crippen LogP contribution in [0.1, 0.15) is 11.1 Å². The quantitative estimate of drug-likeness (QED) is 0.678. The summed E-state index contributed by atoms with van der Waals surface area (Å²) in [6.07, 6.45) is 0. The van der Waals surface area contributed by atoms with Gasteiger partial charge in [-0.2, -0.15) is 0 Å². The lowest BCUT2D eigenvalue weighted by atomic mass is 10.0. The summed E-state index contributed by atoms with van der Waals surface area (Å²) >= 11 is 0. The van der Waals surface area contributed by atoms with Gasteiger partial charge in [0.15, 0.2) is 0 Å². The zero-order valence-corrected chi connectivity index (χ0v) is 8.82. The standard InChI is InChI=1S/C14H10O2/c1-10-6-7-11(8-9-14(15)16)13-5-3-2-4-12(10)13/h2-7H,1H3,(H,15,16). The molecular weight excluding hydrogens is 200 g/mol. The lowest BCUT2D eigenvalue weighted by Crippen LogP contribution is -1.88. The molecule has 2 heteroatoms. The first kappa shape index (κ1) is 10.3. The van der Waals surface area contributed by atoms with Gasteiger partial charge in [-0.15, -0.1) is 0 Å². The van der Waals surface area contributed by atoms with Crippen molar-refractivity contribution in [1.29, 1.82) is 0 Å². The summed E-state index contributed by atoms with van der Waals surface area (Å²) in [5.74, 6) is 3.70. The lowest BCUT2D eigenvalue weighted by Gasteiger charge is -2.03. The molecule has 0 aliphatic carbocycles. The van der Waals surface area contributed by atoms with Crippen molar-refractivity contribution in [3.63, 3.8) is 0 Å². The molecule has 0 amide bonds. The molecule has 2 aromatic carbocycles. The molecule has 0 saturated heterocycles. The Morgan fingerprint density at radius 2 is 1.81 bits per heavy atom. The number of aliphatic carboxylic acids is 1. The van der Waals surface area contributed by atoms with Gasteiger partial charge in [-0.3, -0.25) is 0 Å². The van der Waals surface area contributed by atoms with E-state index in [-0.39, 0.29) is 0 Å². The Balaban J connectivity index is 2.69. The second kappa shape index (κ2) is 4.08. The zero-order valence-electron chi connectivity index (χ0n) is 8.82. The van der Waals surface area contributed by atoms with Crippen LogP contribution >= 0.6 is 0 Å². The number of carboxylic acid groups (broad SMARTS) is 1. The van der Waals surface area contributed by atoms with E-state index in [9.17, 15) is 4.79 Å². The molecule has 0 radical (unpaired) electrons. The van der Waals surface area contributed by atoms with Crippen LogP contribution in [0.5, 0.6) is 0 Å². The molecule has 0 spiro atoms. The summed E-state index contributed by atoms with van der Waals surface area (Å²) in [5, 5.41) is 10.6. The van der Waals surface area contributed by atoms with Crippen molar-refractivity contribution in [2.24, 2.45) is 0 Å². The Morgan fingerprint density at radius 3 is 2.50 bits per heavy atom. The number of rotatable bonds is 0. The molecule has 0 aromatic heterocycles. The maximum atomic E-state index is 10.4. The summed E-state index contributed by atoms with van der Waals surface area (Å²) in [5.41, 5.74) is 1.92. The maximum absolute atomic E-state index is 10.4. The van der Waals surface area contributed by atoms with E-state index in [1.807, 2.05) is 43.3 Å². The fourth-order valence-corrected chi connectivity index (χ4v) is 1.68. The van der Waals surface area contributed by atoms with Gasteiger partial charge in [0.2, 0.25) is 0 Å². The number of hydrogen-bond donors (Lipinski definition) is 1. The van der Waals surface area contributed by atoms with E-state index in [0.717, 1.165) is 21.9 Å². The number of fused-ring (bicyclic) bond motifs is 1. The van der Waals surface area contributed by atoms with Gasteiger partial charge in [-0.1, -0.05) is 36.3 Å². The van der Waals surface area contributed by atoms with Crippen LogP contribution in [0.3, 0.4) is 0 Å². The van der Waals surface area contributed by atoms with Gasteiger partial charge < -0.3 is 5.11 Å². The molecule has 0 heterocycles. The Morgan fingerprint density at radius 1 is 1.12 bits per heavy atom. The number of hydrogen-bond acceptors (Lipinski definition) is 1. The average molecular weight is 210 g/mol. The molecular formula is C14H10O2. The van der Waals surface area contributed by atoms with Crippen molar-refractivity contribution >= 4 is 16.7 Å². The molecule has 1 N–H and O–H groups in total. The van der Waals surface area contributed by atoms with E-state index < -0.39 is 5.97 Å². The minimum absolute atomic E-state index is 0.753. The van der Waals surface area contributed by atoms with E-state index >= 15 is 0 Å². The van der Waals surface area contributed by atoms with Crippen molar-refractivity contribution < 1.29 is 9.90 Å². The summed E-state index contributed by atoms with van der Waals surface area (Å²) in [6.45, 7) is 2.02. The highest BCUT2D eigenvalue weighted by atomic mass is 16.4. The highest BCUT2D eigenvalue weighted by Crippen LogP contribution is 2.21. The first-order chi connectivity index (χ1) is 7.68. The second-order valence-corrected chi connectivity index (χ2v) is 3.53. The summed E-state index contributed by atoms with van der Waals surface area (Å²) in [7, 11) is 0. The Hall–Kier alpha value is -2.27. The van der Waals surface area contributed by atoms with Crippen LogP contribution in [0.2, 0.25) is 0 Å². The van der Waals surface area contributed by atoms with Gasteiger partial charge in [0.05, 0.1) is 0 Å². The Labute approximate surface area is 93.5 Å². The third kappa shape index (κ3) is 1.89. The highest BCUT2D eigenvalue weighted by molar-refractivity contribution is 5.93. The van der Waals surface area contributed by atoms with Crippen LogP contribution in [0.15, 0.2) is 36.4 Å². The monoisotopic (exact) mass is 210 g/mol. The number of carboxylic acids is 1. The second-order valence-electron chi connectivity index (χ2n) is 3.53. The molecule has 0 saturated carbocycles. The van der Waals surface area contributed by atoms with Gasteiger partial charge >= 0.3 is 5.97 Å². The SMILES string of the molecule is Cc1ccc(C#CC(=O)O)c2ccccc12. The third-order valence-corrected chi connectivity index (χ3v) is 2.45. The molecule has 16 heavy (non-hydrogen) atoms. The van der Waals surface area contributed by atoms with Crippen molar-refractivity contribution in [3.05, 3.63) is 47.5 Å². The van der Waals surface area contributed by atoms with Gasteiger partial charge in [-0.25, -0.2) is 4.79 Å². The maximum Gasteiger partial charge on any atom is 0.382 e. The molecule has 0 bridgehead atoms. The highest BCUT2D eigenvalue weighted by Gasteiger charge is 2.00. The molecule has 2 aromatic rings. The topological polar surface area (TPSA) is 37.3 Å². The number of benzene rings is 2. The van der Waals surface area contributed by atoms with E-state index in [1.54, 1.807) is 0 Å². The molecule has 0 fully saturated rings. The van der Waals surface area contributed by atoms with Crippen molar-refractivity contribution in [2.45, 2.75) is 6.92 Å². The lowest BCUT2D eigenvalue weighted by molar-refractivity contribution is -0.130. The third-order valence-electron chi connectivity index (χ3n) is 2.45. The van der Waals surface area contributed by atoms with E-state index in [2.05, 4.69) is 11.8 Å². The van der Waals surface area contributed by atoms with Gasteiger partial charge in [0.1, 0.15) is 0 Å². The van der Waals surface area contributed by atoms with Crippen LogP contribution in [0.25, 0.3) is 10.8 Å². The van der Waals surface area contributed by atoms with Gasteiger partial charge in [0.25, 0.3) is 0 Å².